The van der Waals surface area contributed by atoms with Crippen LogP contribution in [0.5, 0.6) is 5.75 Å². The van der Waals surface area contributed by atoms with Crippen molar-refractivity contribution < 1.29 is 19.4 Å². The third-order valence-electron chi connectivity index (χ3n) is 4.30. The summed E-state index contributed by atoms with van der Waals surface area (Å²) in [4.78, 5) is 12.3. The van der Waals surface area contributed by atoms with Gasteiger partial charge in [0.2, 0.25) is 0 Å². The fourth-order valence-corrected chi connectivity index (χ4v) is 2.64. The lowest BCUT2D eigenvalue weighted by Gasteiger charge is -2.35. The third-order valence-corrected chi connectivity index (χ3v) is 4.30. The Morgan fingerprint density at radius 3 is 2.45 bits per heavy atom. The van der Waals surface area contributed by atoms with E-state index in [1.54, 1.807) is 45.2 Å². The van der Waals surface area contributed by atoms with E-state index in [-0.39, 0.29) is 18.0 Å². The molecule has 4 nitrogen and oxygen atoms in total. The smallest absolute Gasteiger partial charge is 0.338 e. The molecule has 0 fully saturated rings. The van der Waals surface area contributed by atoms with Gasteiger partial charge in [0.25, 0.3) is 0 Å². The predicted octanol–water partition coefficient (Wildman–Crippen LogP) is 3.35. The maximum absolute atomic E-state index is 12.3. The molecule has 0 aromatic heterocycles. The third kappa shape index (κ3) is 3.89. The SMILES string of the molecule is COc1ccc(C(=O)O[C@H]2C[C@H](C(C)(C)O)CC=C2C)cc1. The summed E-state index contributed by atoms with van der Waals surface area (Å²) in [5, 5.41) is 10.2. The van der Waals surface area contributed by atoms with Crippen LogP contribution in [0.3, 0.4) is 0 Å². The molecule has 1 N–H and O–H groups in total. The van der Waals surface area contributed by atoms with Crippen molar-refractivity contribution >= 4 is 5.97 Å². The van der Waals surface area contributed by atoms with Crippen LogP contribution in [0.25, 0.3) is 0 Å². The molecule has 0 amide bonds. The highest BCUT2D eigenvalue weighted by Crippen LogP contribution is 2.33. The number of ether oxygens (including phenoxy) is 2. The number of hydrogen-bond donors (Lipinski definition) is 1. The molecule has 2 atom stereocenters. The van der Waals surface area contributed by atoms with Crippen LogP contribution in [0.4, 0.5) is 0 Å². The first kappa shape index (κ1) is 16.6. The van der Waals surface area contributed by atoms with Gasteiger partial charge in [-0.2, -0.15) is 0 Å². The Morgan fingerprint density at radius 1 is 1.27 bits per heavy atom. The zero-order chi connectivity index (χ0) is 16.3. The number of methoxy groups -OCH3 is 1. The lowest BCUT2D eigenvalue weighted by atomic mass is 9.78. The number of esters is 1. The predicted molar refractivity (Wildman–Crippen MR) is 85.0 cm³/mol. The Balaban J connectivity index is 2.06. The van der Waals surface area contributed by atoms with Gasteiger partial charge in [0, 0.05) is 0 Å². The highest BCUT2D eigenvalue weighted by Gasteiger charge is 2.33. The minimum absolute atomic E-state index is 0.0878. The van der Waals surface area contributed by atoms with E-state index in [1.165, 1.54) is 0 Å². The Labute approximate surface area is 131 Å². The maximum Gasteiger partial charge on any atom is 0.338 e. The quantitative estimate of drug-likeness (QED) is 0.684. The van der Waals surface area contributed by atoms with Crippen LogP contribution in [-0.2, 0) is 4.74 Å². The highest BCUT2D eigenvalue weighted by atomic mass is 16.5. The zero-order valence-electron chi connectivity index (χ0n) is 13.6. The minimum Gasteiger partial charge on any atom is -0.497 e. The topological polar surface area (TPSA) is 55.8 Å². The van der Waals surface area contributed by atoms with Gasteiger partial charge in [-0.15, -0.1) is 0 Å². The van der Waals surface area contributed by atoms with Crippen LogP contribution >= 0.6 is 0 Å². The lowest BCUT2D eigenvalue weighted by Crippen LogP contribution is -2.37. The Bertz CT molecular complexity index is 551. The van der Waals surface area contributed by atoms with Crippen molar-refractivity contribution in [1.29, 1.82) is 0 Å². The number of aliphatic hydroxyl groups is 1. The molecule has 0 heterocycles. The van der Waals surface area contributed by atoms with E-state index in [1.807, 2.05) is 6.92 Å². The standard InChI is InChI=1S/C18H24O4/c1-12-5-8-14(18(2,3)20)11-16(12)22-17(19)13-6-9-15(21-4)10-7-13/h5-7,9-10,14,16,20H,8,11H2,1-4H3/t14-,16+/m1/s1. The molecule has 2 rings (SSSR count). The van der Waals surface area contributed by atoms with E-state index < -0.39 is 5.60 Å². The first-order valence-corrected chi connectivity index (χ1v) is 7.55. The first-order chi connectivity index (χ1) is 10.3. The van der Waals surface area contributed by atoms with Gasteiger partial charge in [-0.3, -0.25) is 0 Å². The van der Waals surface area contributed by atoms with Crippen molar-refractivity contribution in [3.8, 4) is 5.75 Å². The van der Waals surface area contributed by atoms with E-state index in [0.717, 1.165) is 12.0 Å². The molecule has 0 saturated carbocycles. The van der Waals surface area contributed by atoms with Gasteiger partial charge in [-0.25, -0.2) is 4.79 Å². The van der Waals surface area contributed by atoms with Gasteiger partial charge in [0.1, 0.15) is 11.9 Å². The van der Waals surface area contributed by atoms with E-state index in [0.29, 0.717) is 17.7 Å². The first-order valence-electron chi connectivity index (χ1n) is 7.55. The van der Waals surface area contributed by atoms with Crippen LogP contribution in [0.1, 0.15) is 44.0 Å². The molecule has 1 aromatic carbocycles. The molecule has 1 aliphatic carbocycles. The minimum atomic E-state index is -0.776. The fourth-order valence-electron chi connectivity index (χ4n) is 2.64. The summed E-state index contributed by atoms with van der Waals surface area (Å²) < 4.78 is 10.7. The molecule has 1 aromatic rings. The fraction of sp³-hybridized carbons (Fsp3) is 0.500. The average molecular weight is 304 g/mol. The Hall–Kier alpha value is -1.81. The lowest BCUT2D eigenvalue weighted by molar-refractivity contribution is -0.0159. The molecule has 22 heavy (non-hydrogen) atoms. The summed E-state index contributed by atoms with van der Waals surface area (Å²) in [6.07, 6.45) is 3.23. The Morgan fingerprint density at radius 2 is 1.91 bits per heavy atom. The van der Waals surface area contributed by atoms with Crippen LogP contribution in [0.2, 0.25) is 0 Å². The van der Waals surface area contributed by atoms with Gasteiger partial charge >= 0.3 is 5.97 Å². The molecule has 120 valence electrons. The summed E-state index contributed by atoms with van der Waals surface area (Å²) in [6, 6.07) is 6.85. The molecule has 0 saturated heterocycles. The molecule has 0 bridgehead atoms. The van der Waals surface area contributed by atoms with Gasteiger partial charge in [-0.05, 0) is 69.4 Å². The van der Waals surface area contributed by atoms with Gasteiger partial charge in [0.15, 0.2) is 0 Å². The van der Waals surface area contributed by atoms with Crippen LogP contribution in [0, 0.1) is 5.92 Å². The zero-order valence-corrected chi connectivity index (χ0v) is 13.6. The van der Waals surface area contributed by atoms with Crippen LogP contribution < -0.4 is 4.74 Å². The number of carbonyl (C=O) groups excluding carboxylic acids is 1. The van der Waals surface area contributed by atoms with Crippen molar-refractivity contribution in [3.05, 3.63) is 41.5 Å². The number of benzene rings is 1. The van der Waals surface area contributed by atoms with Crippen LogP contribution in [-0.4, -0.2) is 29.9 Å². The van der Waals surface area contributed by atoms with Gasteiger partial charge in [0.05, 0.1) is 18.3 Å². The molecule has 0 radical (unpaired) electrons. The largest absolute Gasteiger partial charge is 0.497 e. The summed E-state index contributed by atoms with van der Waals surface area (Å²) in [7, 11) is 1.58. The highest BCUT2D eigenvalue weighted by molar-refractivity contribution is 5.89. The number of allylic oxidation sites excluding steroid dienone is 1. The molecule has 4 heteroatoms. The summed E-state index contributed by atoms with van der Waals surface area (Å²) in [5.74, 6) is 0.439. The number of carbonyl (C=O) groups is 1. The van der Waals surface area contributed by atoms with Gasteiger partial charge in [-0.1, -0.05) is 6.08 Å². The number of rotatable bonds is 4. The van der Waals surface area contributed by atoms with E-state index >= 15 is 0 Å². The Kier molecular flexibility index (Phi) is 4.91. The molecular formula is C18H24O4. The monoisotopic (exact) mass is 304 g/mol. The summed E-state index contributed by atoms with van der Waals surface area (Å²) in [6.45, 7) is 5.57. The van der Waals surface area contributed by atoms with Crippen molar-refractivity contribution in [2.75, 3.05) is 7.11 Å². The van der Waals surface area contributed by atoms with Crippen molar-refractivity contribution in [1.82, 2.24) is 0 Å². The molecule has 0 aliphatic heterocycles. The van der Waals surface area contributed by atoms with Crippen molar-refractivity contribution in [2.24, 2.45) is 5.92 Å². The second kappa shape index (κ2) is 6.53. The molecule has 1 aliphatic rings. The van der Waals surface area contributed by atoms with E-state index in [4.69, 9.17) is 9.47 Å². The van der Waals surface area contributed by atoms with Crippen LogP contribution in [0.15, 0.2) is 35.9 Å². The number of hydrogen-bond acceptors (Lipinski definition) is 4. The summed E-state index contributed by atoms with van der Waals surface area (Å²) in [5.41, 5.74) is 0.767. The molecule has 0 unspecified atom stereocenters. The van der Waals surface area contributed by atoms with E-state index in [9.17, 15) is 9.90 Å². The van der Waals surface area contributed by atoms with Crippen molar-refractivity contribution in [3.63, 3.8) is 0 Å². The van der Waals surface area contributed by atoms with Crippen molar-refractivity contribution in [2.45, 2.75) is 45.3 Å². The van der Waals surface area contributed by atoms with E-state index in [2.05, 4.69) is 6.08 Å². The second-order valence-electron chi connectivity index (χ2n) is 6.39. The summed E-state index contributed by atoms with van der Waals surface area (Å²) >= 11 is 0. The normalized spacial score (nSPS) is 22.0. The van der Waals surface area contributed by atoms with Gasteiger partial charge < -0.3 is 14.6 Å². The maximum atomic E-state index is 12.3. The molecular weight excluding hydrogens is 280 g/mol. The average Bonchev–Trinajstić information content (AvgIpc) is 2.48. The second-order valence-corrected chi connectivity index (χ2v) is 6.39. The molecule has 0 spiro atoms.